The molecule has 0 aliphatic heterocycles. The molecule has 6 heteroatoms. The van der Waals surface area contributed by atoms with Crippen molar-refractivity contribution in [2.45, 2.75) is 25.5 Å². The van der Waals surface area contributed by atoms with E-state index in [-0.39, 0.29) is 0 Å². The number of hydrogen-bond acceptors (Lipinski definition) is 5. The highest BCUT2D eigenvalue weighted by Crippen LogP contribution is 2.27. The second-order valence-corrected chi connectivity index (χ2v) is 7.05. The highest BCUT2D eigenvalue weighted by Gasteiger charge is 2.13. The average Bonchev–Trinajstić information content (AvgIpc) is 3.20. The maximum absolute atomic E-state index is 5.78. The third-order valence-electron chi connectivity index (χ3n) is 3.35. The van der Waals surface area contributed by atoms with E-state index in [4.69, 9.17) is 4.74 Å². The predicted molar refractivity (Wildman–Crippen MR) is 96.4 cm³/mol. The summed E-state index contributed by atoms with van der Waals surface area (Å²) in [6, 6.07) is 12.2. The number of benzene rings is 1. The van der Waals surface area contributed by atoms with Gasteiger partial charge < -0.3 is 9.30 Å². The number of nitrogens with zero attached hydrogens (tertiary/aromatic N) is 3. The Labute approximate surface area is 144 Å². The van der Waals surface area contributed by atoms with Crippen LogP contribution in [0.4, 0.5) is 0 Å². The SMILES string of the molecule is CCn1c(SCCOc2cccc(C)c2)nnc1-c1cccs1. The third kappa shape index (κ3) is 3.95. The van der Waals surface area contributed by atoms with Crippen LogP contribution in [-0.4, -0.2) is 27.1 Å². The summed E-state index contributed by atoms with van der Waals surface area (Å²) in [5.74, 6) is 2.71. The fourth-order valence-corrected chi connectivity index (χ4v) is 3.80. The van der Waals surface area contributed by atoms with Gasteiger partial charge in [0.25, 0.3) is 0 Å². The molecule has 0 aliphatic carbocycles. The van der Waals surface area contributed by atoms with E-state index in [2.05, 4.69) is 46.1 Å². The molecule has 3 aromatic rings. The molecule has 0 fully saturated rings. The Morgan fingerprint density at radius 3 is 2.87 bits per heavy atom. The Kier molecular flexibility index (Phi) is 5.35. The van der Waals surface area contributed by atoms with Crippen molar-refractivity contribution in [3.63, 3.8) is 0 Å². The van der Waals surface area contributed by atoms with Crippen molar-refractivity contribution in [1.82, 2.24) is 14.8 Å². The van der Waals surface area contributed by atoms with Gasteiger partial charge in [0.15, 0.2) is 11.0 Å². The first kappa shape index (κ1) is 16.1. The third-order valence-corrected chi connectivity index (χ3v) is 5.14. The smallest absolute Gasteiger partial charge is 0.191 e. The van der Waals surface area contributed by atoms with Gasteiger partial charge in [-0.15, -0.1) is 21.5 Å². The summed E-state index contributed by atoms with van der Waals surface area (Å²) in [4.78, 5) is 1.15. The van der Waals surface area contributed by atoms with Crippen LogP contribution < -0.4 is 4.74 Å². The Morgan fingerprint density at radius 1 is 1.22 bits per heavy atom. The molecule has 0 saturated carbocycles. The van der Waals surface area contributed by atoms with Gasteiger partial charge in [0, 0.05) is 12.3 Å². The van der Waals surface area contributed by atoms with E-state index in [1.807, 2.05) is 24.3 Å². The average molecular weight is 345 g/mol. The second-order valence-electron chi connectivity index (χ2n) is 5.04. The molecule has 3 rings (SSSR count). The largest absolute Gasteiger partial charge is 0.493 e. The number of aromatic nitrogens is 3. The zero-order valence-corrected chi connectivity index (χ0v) is 14.9. The Morgan fingerprint density at radius 2 is 2.13 bits per heavy atom. The topological polar surface area (TPSA) is 39.9 Å². The molecule has 2 heterocycles. The number of thioether (sulfide) groups is 1. The van der Waals surface area contributed by atoms with Gasteiger partial charge >= 0.3 is 0 Å². The number of rotatable bonds is 7. The lowest BCUT2D eigenvalue weighted by molar-refractivity contribution is 0.343. The molecule has 120 valence electrons. The molecule has 0 saturated heterocycles. The lowest BCUT2D eigenvalue weighted by Gasteiger charge is -2.08. The van der Waals surface area contributed by atoms with Crippen LogP contribution in [0.5, 0.6) is 5.75 Å². The molecule has 0 bridgehead atoms. The summed E-state index contributed by atoms with van der Waals surface area (Å²) in [7, 11) is 0. The van der Waals surface area contributed by atoms with Gasteiger partial charge in [0.05, 0.1) is 11.5 Å². The molecule has 1 aromatic carbocycles. The van der Waals surface area contributed by atoms with E-state index in [1.165, 1.54) is 5.56 Å². The van der Waals surface area contributed by atoms with Gasteiger partial charge in [-0.25, -0.2) is 0 Å². The van der Waals surface area contributed by atoms with Gasteiger partial charge in [0.2, 0.25) is 0 Å². The summed E-state index contributed by atoms with van der Waals surface area (Å²) in [5.41, 5.74) is 1.21. The first-order valence-corrected chi connectivity index (χ1v) is 9.44. The molecular weight excluding hydrogens is 326 g/mol. The van der Waals surface area contributed by atoms with Crippen LogP contribution in [0.2, 0.25) is 0 Å². The molecule has 23 heavy (non-hydrogen) atoms. The summed E-state index contributed by atoms with van der Waals surface area (Å²) in [5, 5.41) is 11.7. The highest BCUT2D eigenvalue weighted by molar-refractivity contribution is 7.99. The minimum atomic E-state index is 0.652. The summed E-state index contributed by atoms with van der Waals surface area (Å²) >= 11 is 3.37. The van der Waals surface area contributed by atoms with Crippen LogP contribution >= 0.6 is 23.1 Å². The van der Waals surface area contributed by atoms with Crippen LogP contribution in [0.25, 0.3) is 10.7 Å². The molecule has 0 radical (unpaired) electrons. The van der Waals surface area contributed by atoms with Crippen molar-refractivity contribution >= 4 is 23.1 Å². The van der Waals surface area contributed by atoms with Gasteiger partial charge in [-0.1, -0.05) is 30.0 Å². The molecule has 0 spiro atoms. The van der Waals surface area contributed by atoms with Crippen molar-refractivity contribution in [2.24, 2.45) is 0 Å². The summed E-state index contributed by atoms with van der Waals surface area (Å²) in [6.45, 7) is 5.70. The zero-order chi connectivity index (χ0) is 16.1. The lowest BCUT2D eigenvalue weighted by Crippen LogP contribution is -2.03. The Balaban J connectivity index is 1.58. The quantitative estimate of drug-likeness (QED) is 0.467. The number of hydrogen-bond donors (Lipinski definition) is 0. The van der Waals surface area contributed by atoms with Gasteiger partial charge in [-0.2, -0.15) is 0 Å². The van der Waals surface area contributed by atoms with E-state index in [1.54, 1.807) is 23.1 Å². The van der Waals surface area contributed by atoms with Gasteiger partial charge in [0.1, 0.15) is 5.75 Å². The van der Waals surface area contributed by atoms with Crippen molar-refractivity contribution < 1.29 is 4.74 Å². The normalized spacial score (nSPS) is 10.9. The highest BCUT2D eigenvalue weighted by atomic mass is 32.2. The minimum absolute atomic E-state index is 0.652. The van der Waals surface area contributed by atoms with E-state index < -0.39 is 0 Å². The molecule has 0 N–H and O–H groups in total. The van der Waals surface area contributed by atoms with Crippen molar-refractivity contribution in [3.05, 3.63) is 47.3 Å². The molecule has 4 nitrogen and oxygen atoms in total. The van der Waals surface area contributed by atoms with Crippen LogP contribution in [-0.2, 0) is 6.54 Å². The van der Waals surface area contributed by atoms with Crippen molar-refractivity contribution in [2.75, 3.05) is 12.4 Å². The van der Waals surface area contributed by atoms with Crippen LogP contribution in [0, 0.1) is 6.92 Å². The zero-order valence-electron chi connectivity index (χ0n) is 13.2. The summed E-state index contributed by atoms with van der Waals surface area (Å²) < 4.78 is 7.94. The predicted octanol–water partition coefficient (Wildman–Crippen LogP) is 4.51. The lowest BCUT2D eigenvalue weighted by atomic mass is 10.2. The van der Waals surface area contributed by atoms with Crippen LogP contribution in [0.15, 0.2) is 46.9 Å². The van der Waals surface area contributed by atoms with Crippen molar-refractivity contribution in [1.29, 1.82) is 0 Å². The van der Waals surface area contributed by atoms with E-state index in [9.17, 15) is 0 Å². The van der Waals surface area contributed by atoms with Gasteiger partial charge in [-0.05, 0) is 43.0 Å². The van der Waals surface area contributed by atoms with Gasteiger partial charge in [-0.3, -0.25) is 0 Å². The number of ether oxygens (including phenoxy) is 1. The maximum Gasteiger partial charge on any atom is 0.191 e. The molecule has 0 aliphatic rings. The fraction of sp³-hybridized carbons (Fsp3) is 0.294. The molecule has 2 aromatic heterocycles. The van der Waals surface area contributed by atoms with E-state index in [0.29, 0.717) is 6.61 Å². The molecule has 0 unspecified atom stereocenters. The Bertz CT molecular complexity index is 753. The van der Waals surface area contributed by atoms with Crippen molar-refractivity contribution in [3.8, 4) is 16.5 Å². The first-order valence-electron chi connectivity index (χ1n) is 7.57. The Hall–Kier alpha value is -1.79. The standard InChI is InChI=1S/C17H19N3OS2/c1-3-20-16(15-8-5-10-22-15)18-19-17(20)23-11-9-21-14-7-4-6-13(2)12-14/h4-8,10,12H,3,9,11H2,1-2H3. The van der Waals surface area contributed by atoms with Crippen LogP contribution in [0.1, 0.15) is 12.5 Å². The number of aryl methyl sites for hydroxylation is 1. The minimum Gasteiger partial charge on any atom is -0.493 e. The van der Waals surface area contributed by atoms with E-state index >= 15 is 0 Å². The van der Waals surface area contributed by atoms with Crippen LogP contribution in [0.3, 0.4) is 0 Å². The summed E-state index contributed by atoms with van der Waals surface area (Å²) in [6.07, 6.45) is 0. The monoisotopic (exact) mass is 345 g/mol. The maximum atomic E-state index is 5.78. The first-order chi connectivity index (χ1) is 11.3. The van der Waals surface area contributed by atoms with E-state index in [0.717, 1.165) is 33.9 Å². The fourth-order valence-electron chi connectivity index (χ4n) is 2.27. The molecule has 0 amide bonds. The second kappa shape index (κ2) is 7.66. The molecule has 0 atom stereocenters. The molecular formula is C17H19N3OS2. The number of thiophene rings is 1.